The Balaban J connectivity index is 2.80. The quantitative estimate of drug-likeness (QED) is 0.674. The lowest BCUT2D eigenvalue weighted by Crippen LogP contribution is -2.02. The van der Waals surface area contributed by atoms with Crippen LogP contribution in [0.15, 0.2) is 18.2 Å². The van der Waals surface area contributed by atoms with Crippen molar-refractivity contribution in [2.75, 3.05) is 0 Å². The molecule has 1 aromatic rings. The molecule has 1 radical (unpaired) electrons. The van der Waals surface area contributed by atoms with E-state index < -0.39 is 0 Å². The first kappa shape index (κ1) is 11.3. The van der Waals surface area contributed by atoms with Gasteiger partial charge in [-0.05, 0) is 41.9 Å². The third kappa shape index (κ3) is 3.53. The van der Waals surface area contributed by atoms with Crippen LogP contribution >= 0.6 is 0 Å². The first-order valence-corrected chi connectivity index (χ1v) is 5.57. The number of hydrogen-bond donors (Lipinski definition) is 0. The molecule has 0 heterocycles. The van der Waals surface area contributed by atoms with Gasteiger partial charge in [0.25, 0.3) is 0 Å². The van der Waals surface area contributed by atoms with Gasteiger partial charge in [0, 0.05) is 0 Å². The van der Waals surface area contributed by atoms with Gasteiger partial charge in [-0.1, -0.05) is 45.9 Å². The van der Waals surface area contributed by atoms with Crippen LogP contribution in [0.5, 0.6) is 0 Å². The van der Waals surface area contributed by atoms with Crippen molar-refractivity contribution in [3.8, 4) is 0 Å². The van der Waals surface area contributed by atoms with E-state index in [2.05, 4.69) is 45.9 Å². The van der Waals surface area contributed by atoms with Gasteiger partial charge >= 0.3 is 0 Å². The Morgan fingerprint density at radius 1 is 1.00 bits per heavy atom. The average Bonchev–Trinajstić information content (AvgIpc) is 2.06. The molecule has 77 valence electrons. The lowest BCUT2D eigenvalue weighted by atomic mass is 9.93. The first-order valence-electron chi connectivity index (χ1n) is 5.57. The summed E-state index contributed by atoms with van der Waals surface area (Å²) in [5.74, 6) is 1.47. The van der Waals surface area contributed by atoms with E-state index in [4.69, 9.17) is 0 Å². The maximum Gasteiger partial charge on any atom is -0.0181 e. The van der Waals surface area contributed by atoms with Gasteiger partial charge in [0.1, 0.15) is 0 Å². The van der Waals surface area contributed by atoms with Gasteiger partial charge in [0.2, 0.25) is 0 Å². The zero-order chi connectivity index (χ0) is 10.6. The monoisotopic (exact) mass is 189 g/mol. The van der Waals surface area contributed by atoms with Gasteiger partial charge in [0.15, 0.2) is 0 Å². The van der Waals surface area contributed by atoms with Crippen LogP contribution in [0.4, 0.5) is 0 Å². The maximum absolute atomic E-state index is 3.18. The van der Waals surface area contributed by atoms with Gasteiger partial charge in [-0.3, -0.25) is 0 Å². The van der Waals surface area contributed by atoms with Gasteiger partial charge < -0.3 is 0 Å². The van der Waals surface area contributed by atoms with E-state index in [9.17, 15) is 0 Å². The summed E-state index contributed by atoms with van der Waals surface area (Å²) in [5.41, 5.74) is 2.99. The van der Waals surface area contributed by atoms with Crippen molar-refractivity contribution in [2.24, 2.45) is 11.8 Å². The van der Waals surface area contributed by atoms with Crippen LogP contribution in [-0.2, 0) is 12.8 Å². The van der Waals surface area contributed by atoms with Gasteiger partial charge in [-0.15, -0.1) is 0 Å². The summed E-state index contributed by atoms with van der Waals surface area (Å²) >= 11 is 0. The van der Waals surface area contributed by atoms with Gasteiger partial charge in [0.05, 0.1) is 0 Å². The minimum absolute atomic E-state index is 0.733. The van der Waals surface area contributed by atoms with Crippen LogP contribution in [0.3, 0.4) is 0 Å². The molecule has 14 heavy (non-hydrogen) atoms. The highest BCUT2D eigenvalue weighted by atomic mass is 14.1. The molecule has 1 aromatic carbocycles. The molecular weight excluding hydrogens is 168 g/mol. The largest absolute Gasteiger partial charge is 0.0625 e. The summed E-state index contributed by atoms with van der Waals surface area (Å²) < 4.78 is 0. The van der Waals surface area contributed by atoms with E-state index in [1.165, 1.54) is 24.0 Å². The van der Waals surface area contributed by atoms with Crippen LogP contribution in [0.2, 0.25) is 0 Å². The van der Waals surface area contributed by atoms with Crippen LogP contribution in [0.25, 0.3) is 0 Å². The number of hydrogen-bond acceptors (Lipinski definition) is 0. The highest BCUT2D eigenvalue weighted by molar-refractivity contribution is 5.27. The Hall–Kier alpha value is -0.780. The second-order valence-corrected chi connectivity index (χ2v) is 4.89. The summed E-state index contributed by atoms with van der Waals surface area (Å²) in [7, 11) is 0. The Morgan fingerprint density at radius 3 is 2.14 bits per heavy atom. The lowest BCUT2D eigenvalue weighted by molar-refractivity contribution is 0.616. The zero-order valence-electron chi connectivity index (χ0n) is 9.80. The standard InChI is InChI=1S/C14H21/c1-11(2)9-13-7-5-6-8-14(13)10-12(3)4/h5,7-8,11-12H,9-10H2,1-4H3. The third-order valence-electron chi connectivity index (χ3n) is 2.31. The molecule has 0 heteroatoms. The molecule has 0 aromatic heterocycles. The Kier molecular flexibility index (Phi) is 4.19. The molecule has 0 fully saturated rings. The molecule has 0 amide bonds. The van der Waals surface area contributed by atoms with Gasteiger partial charge in [-0.25, -0.2) is 0 Å². The fraction of sp³-hybridized carbons (Fsp3) is 0.571. The summed E-state index contributed by atoms with van der Waals surface area (Å²) in [6.45, 7) is 9.09. The molecule has 0 N–H and O–H groups in total. The molecule has 0 aliphatic rings. The van der Waals surface area contributed by atoms with Crippen molar-refractivity contribution in [1.29, 1.82) is 0 Å². The summed E-state index contributed by atoms with van der Waals surface area (Å²) in [4.78, 5) is 0. The number of rotatable bonds is 4. The van der Waals surface area contributed by atoms with E-state index >= 15 is 0 Å². The minimum atomic E-state index is 0.733. The highest BCUT2D eigenvalue weighted by Crippen LogP contribution is 2.16. The van der Waals surface area contributed by atoms with E-state index in [0.29, 0.717) is 0 Å². The second kappa shape index (κ2) is 5.19. The van der Waals surface area contributed by atoms with Crippen molar-refractivity contribution in [3.05, 3.63) is 35.4 Å². The topological polar surface area (TPSA) is 0 Å². The highest BCUT2D eigenvalue weighted by Gasteiger charge is 2.05. The van der Waals surface area contributed by atoms with Crippen molar-refractivity contribution in [3.63, 3.8) is 0 Å². The van der Waals surface area contributed by atoms with E-state index in [1.807, 2.05) is 6.07 Å². The number of benzene rings is 1. The molecule has 0 bridgehead atoms. The van der Waals surface area contributed by atoms with Crippen LogP contribution in [-0.4, -0.2) is 0 Å². The van der Waals surface area contributed by atoms with E-state index in [-0.39, 0.29) is 0 Å². The van der Waals surface area contributed by atoms with Crippen LogP contribution < -0.4 is 0 Å². The zero-order valence-corrected chi connectivity index (χ0v) is 9.80. The second-order valence-electron chi connectivity index (χ2n) is 4.89. The molecule has 0 saturated heterocycles. The van der Waals surface area contributed by atoms with Crippen molar-refractivity contribution in [2.45, 2.75) is 40.5 Å². The molecule has 0 aliphatic carbocycles. The average molecular weight is 189 g/mol. The van der Waals surface area contributed by atoms with Crippen molar-refractivity contribution in [1.82, 2.24) is 0 Å². The fourth-order valence-electron chi connectivity index (χ4n) is 1.77. The normalized spacial score (nSPS) is 11.3. The van der Waals surface area contributed by atoms with Crippen LogP contribution in [0, 0.1) is 17.9 Å². The first-order chi connectivity index (χ1) is 6.59. The Labute approximate surface area is 88.4 Å². The molecule has 1 rings (SSSR count). The van der Waals surface area contributed by atoms with E-state index in [0.717, 1.165) is 11.8 Å². The Bertz CT molecular complexity index is 242. The molecule has 0 atom stereocenters. The predicted octanol–water partition coefficient (Wildman–Crippen LogP) is 3.88. The molecule has 0 spiro atoms. The van der Waals surface area contributed by atoms with Crippen molar-refractivity contribution >= 4 is 0 Å². The van der Waals surface area contributed by atoms with Gasteiger partial charge in [-0.2, -0.15) is 0 Å². The molecule has 0 saturated carbocycles. The minimum Gasteiger partial charge on any atom is -0.0625 e. The maximum atomic E-state index is 3.18. The predicted molar refractivity (Wildman–Crippen MR) is 62.4 cm³/mol. The van der Waals surface area contributed by atoms with Crippen LogP contribution in [0.1, 0.15) is 38.8 Å². The van der Waals surface area contributed by atoms with Crippen molar-refractivity contribution < 1.29 is 0 Å². The summed E-state index contributed by atoms with van der Waals surface area (Å²) in [5, 5.41) is 0. The molecule has 0 aliphatic heterocycles. The molecule has 0 nitrogen and oxygen atoms in total. The summed E-state index contributed by atoms with van der Waals surface area (Å²) in [6.07, 6.45) is 2.37. The Morgan fingerprint density at radius 2 is 1.57 bits per heavy atom. The molecular formula is C14H21. The third-order valence-corrected chi connectivity index (χ3v) is 2.31. The SMILES string of the molecule is CC(C)Cc1c[c]ccc1CC(C)C. The smallest absolute Gasteiger partial charge is 0.0181 e. The lowest BCUT2D eigenvalue weighted by Gasteiger charge is -2.12. The molecule has 0 unspecified atom stereocenters. The van der Waals surface area contributed by atoms with E-state index in [1.54, 1.807) is 0 Å². The fourth-order valence-corrected chi connectivity index (χ4v) is 1.77. The summed E-state index contributed by atoms with van der Waals surface area (Å²) in [6, 6.07) is 9.58.